The minimum absolute atomic E-state index is 0.215. The normalized spacial score (nSPS) is 9.29. The van der Waals surface area contributed by atoms with E-state index in [0.717, 1.165) is 0 Å². The lowest BCUT2D eigenvalue weighted by atomic mass is 9.93. The summed E-state index contributed by atoms with van der Waals surface area (Å²) in [7, 11) is 1.27. The summed E-state index contributed by atoms with van der Waals surface area (Å²) in [5.41, 5.74) is 0.241. The molecule has 0 aliphatic carbocycles. The highest BCUT2D eigenvalue weighted by atomic mass is 16.5. The third-order valence-corrected chi connectivity index (χ3v) is 1.55. The first kappa shape index (κ1) is 10.2. The Balaban J connectivity index is 3.02. The summed E-state index contributed by atoms with van der Waals surface area (Å²) in [6, 6.07) is 6.40. The Bertz CT molecular complexity index is 357. The summed E-state index contributed by atoms with van der Waals surface area (Å²) < 4.78 is 9.36. The van der Waals surface area contributed by atoms with Gasteiger partial charge >= 0.3 is 11.9 Å². The van der Waals surface area contributed by atoms with Gasteiger partial charge in [0.1, 0.15) is 11.3 Å². The Morgan fingerprint density at radius 1 is 1.21 bits per heavy atom. The predicted molar refractivity (Wildman–Crippen MR) is 49.1 cm³/mol. The molecular formula is C10H10O4. The summed E-state index contributed by atoms with van der Waals surface area (Å²) in [5, 5.41) is 0. The molecule has 0 radical (unpaired) electrons. The second-order valence-corrected chi connectivity index (χ2v) is 2.58. The number of carbonyl (C=O) groups is 2. The van der Waals surface area contributed by atoms with Crippen molar-refractivity contribution in [3.63, 3.8) is 0 Å². The van der Waals surface area contributed by atoms with Gasteiger partial charge in [-0.25, -0.2) is 4.79 Å². The molecule has 0 fully saturated rings. The largest absolute Gasteiger partial charge is 0.465 e. The Morgan fingerprint density at radius 2 is 1.86 bits per heavy atom. The van der Waals surface area contributed by atoms with Crippen LogP contribution in [0, 0.1) is 0 Å². The Labute approximate surface area is 81.4 Å². The summed E-state index contributed by atoms with van der Waals surface area (Å²) in [4.78, 5) is 21.9. The van der Waals surface area contributed by atoms with Crippen LogP contribution >= 0.6 is 0 Å². The van der Waals surface area contributed by atoms with Crippen molar-refractivity contribution in [2.24, 2.45) is 0 Å². The van der Waals surface area contributed by atoms with Crippen molar-refractivity contribution in [1.29, 1.82) is 0 Å². The SMILES string of the molecule is CO[11C](=O)c1ccccc1OC(C)=O. The predicted octanol–water partition coefficient (Wildman–Crippen LogP) is 1.40. The van der Waals surface area contributed by atoms with Crippen LogP contribution in [0.3, 0.4) is 0 Å². The number of hydrogen-bond acceptors (Lipinski definition) is 4. The zero-order valence-electron chi connectivity index (χ0n) is 7.94. The van der Waals surface area contributed by atoms with Crippen molar-refractivity contribution < 1.29 is 19.1 Å². The fourth-order valence-electron chi connectivity index (χ4n) is 0.989. The van der Waals surface area contributed by atoms with E-state index in [4.69, 9.17) is 4.74 Å². The fraction of sp³-hybridized carbons (Fsp3) is 0.200. The molecular weight excluding hydrogens is 183 g/mol. The molecule has 0 aliphatic heterocycles. The zero-order valence-corrected chi connectivity index (χ0v) is 7.94. The Morgan fingerprint density at radius 3 is 2.43 bits per heavy atom. The monoisotopic (exact) mass is 193 g/mol. The number of esters is 2. The molecule has 0 N–H and O–H groups in total. The van der Waals surface area contributed by atoms with E-state index < -0.39 is 11.9 Å². The number of carbonyl (C=O) groups excluding carboxylic acids is 2. The summed E-state index contributed by atoms with van der Waals surface area (Å²) in [6.07, 6.45) is 0. The number of para-hydroxylation sites is 1. The lowest BCUT2D eigenvalue weighted by Gasteiger charge is -2.05. The lowest BCUT2D eigenvalue weighted by Crippen LogP contribution is -2.08. The Hall–Kier alpha value is -1.84. The van der Waals surface area contributed by atoms with E-state index in [-0.39, 0.29) is 11.3 Å². The molecule has 0 saturated heterocycles. The molecule has 4 heteroatoms. The smallest absolute Gasteiger partial charge is 0.341 e. The number of methoxy groups -OCH3 is 1. The van der Waals surface area contributed by atoms with Crippen molar-refractivity contribution in [2.75, 3.05) is 7.11 Å². The molecule has 0 bridgehead atoms. The zero-order chi connectivity index (χ0) is 10.6. The molecule has 0 saturated carbocycles. The van der Waals surface area contributed by atoms with Gasteiger partial charge in [-0.05, 0) is 12.1 Å². The summed E-state index contributed by atoms with van der Waals surface area (Å²) >= 11 is 0. The van der Waals surface area contributed by atoms with E-state index in [1.165, 1.54) is 26.2 Å². The van der Waals surface area contributed by atoms with Crippen LogP contribution in [-0.4, -0.2) is 19.0 Å². The van der Waals surface area contributed by atoms with Crippen molar-refractivity contribution in [1.82, 2.24) is 0 Å². The van der Waals surface area contributed by atoms with Gasteiger partial charge in [-0.3, -0.25) is 4.79 Å². The molecule has 74 valence electrons. The fourth-order valence-corrected chi connectivity index (χ4v) is 0.989. The molecule has 0 aromatic heterocycles. The van der Waals surface area contributed by atoms with Gasteiger partial charge in [0.25, 0.3) is 0 Å². The molecule has 14 heavy (non-hydrogen) atoms. The van der Waals surface area contributed by atoms with Crippen molar-refractivity contribution in [3.05, 3.63) is 29.8 Å². The van der Waals surface area contributed by atoms with E-state index in [0.29, 0.717) is 0 Å². The molecule has 0 spiro atoms. The van der Waals surface area contributed by atoms with Gasteiger partial charge in [0.15, 0.2) is 0 Å². The molecule has 0 amide bonds. The van der Waals surface area contributed by atoms with E-state index >= 15 is 0 Å². The molecule has 0 aliphatic rings. The highest BCUT2D eigenvalue weighted by Gasteiger charge is 2.12. The highest BCUT2D eigenvalue weighted by molar-refractivity contribution is 5.93. The number of benzene rings is 1. The second kappa shape index (κ2) is 4.41. The van der Waals surface area contributed by atoms with Crippen LogP contribution in [0.15, 0.2) is 24.3 Å². The van der Waals surface area contributed by atoms with E-state index in [2.05, 4.69) is 4.74 Å². The molecule has 0 atom stereocenters. The highest BCUT2D eigenvalue weighted by Crippen LogP contribution is 2.18. The van der Waals surface area contributed by atoms with Gasteiger partial charge in [-0.1, -0.05) is 12.1 Å². The van der Waals surface area contributed by atoms with Gasteiger partial charge < -0.3 is 9.47 Å². The number of hydrogen-bond donors (Lipinski definition) is 0. The van der Waals surface area contributed by atoms with Crippen LogP contribution in [0.4, 0.5) is 0 Å². The first-order valence-electron chi connectivity index (χ1n) is 4.01. The van der Waals surface area contributed by atoms with Gasteiger partial charge in [-0.2, -0.15) is 0 Å². The molecule has 0 unspecified atom stereocenters. The number of rotatable bonds is 2. The van der Waals surface area contributed by atoms with Crippen molar-refractivity contribution in [3.8, 4) is 5.75 Å². The topological polar surface area (TPSA) is 52.6 Å². The van der Waals surface area contributed by atoms with E-state index in [1.54, 1.807) is 12.1 Å². The first-order valence-corrected chi connectivity index (χ1v) is 4.01. The number of ether oxygens (including phenoxy) is 2. The van der Waals surface area contributed by atoms with Crippen LogP contribution < -0.4 is 4.74 Å². The van der Waals surface area contributed by atoms with Crippen LogP contribution in [0.25, 0.3) is 0 Å². The summed E-state index contributed by atoms with van der Waals surface area (Å²) in [5.74, 6) is -0.782. The van der Waals surface area contributed by atoms with Gasteiger partial charge in [0.2, 0.25) is 0 Å². The van der Waals surface area contributed by atoms with Crippen LogP contribution in [0.2, 0.25) is 0 Å². The molecule has 1 aromatic carbocycles. The van der Waals surface area contributed by atoms with E-state index in [1.807, 2.05) is 0 Å². The average Bonchev–Trinajstić information content (AvgIpc) is 2.16. The van der Waals surface area contributed by atoms with Gasteiger partial charge in [0, 0.05) is 6.92 Å². The van der Waals surface area contributed by atoms with Crippen LogP contribution in [-0.2, 0) is 9.53 Å². The second-order valence-electron chi connectivity index (χ2n) is 2.58. The van der Waals surface area contributed by atoms with Crippen LogP contribution in [0.5, 0.6) is 5.75 Å². The minimum Gasteiger partial charge on any atom is -0.465 e. The van der Waals surface area contributed by atoms with Crippen LogP contribution in [0.1, 0.15) is 17.3 Å². The third-order valence-electron chi connectivity index (χ3n) is 1.55. The lowest BCUT2D eigenvalue weighted by molar-refractivity contribution is -0.131. The quantitative estimate of drug-likeness (QED) is 0.526. The first-order chi connectivity index (χ1) is 6.65. The average molecular weight is 193 g/mol. The third kappa shape index (κ3) is 2.32. The molecule has 4 nitrogen and oxygen atoms in total. The molecule has 0 heterocycles. The maximum Gasteiger partial charge on any atom is 0.341 e. The Kier molecular flexibility index (Phi) is 3.23. The standard InChI is InChI=1S/C10H10O4/c1-7(11)14-9-6-4-3-5-8(9)10(12)13-2/h3-6H,1-2H3/i10-1. The van der Waals surface area contributed by atoms with Gasteiger partial charge in [-0.15, -0.1) is 0 Å². The van der Waals surface area contributed by atoms with Crippen molar-refractivity contribution in [2.45, 2.75) is 6.92 Å². The molecule has 1 aromatic rings. The van der Waals surface area contributed by atoms with Crippen molar-refractivity contribution >= 4 is 11.9 Å². The molecule has 1 rings (SSSR count). The van der Waals surface area contributed by atoms with Gasteiger partial charge in [0.05, 0.1) is 7.11 Å². The maximum atomic E-state index is 11.2. The summed E-state index contributed by atoms with van der Waals surface area (Å²) in [6.45, 7) is 1.27. The van der Waals surface area contributed by atoms with E-state index in [9.17, 15) is 9.59 Å². The maximum absolute atomic E-state index is 11.2. The minimum atomic E-state index is -0.526.